The SMILES string of the molecule is O=C(Nc1ccncn1)c1ccc(S(=O)(=O)N2CCCc3ccccc32)cc1. The number of fused-ring (bicyclic) bond motifs is 1. The van der Waals surface area contributed by atoms with Gasteiger partial charge < -0.3 is 5.32 Å². The van der Waals surface area contributed by atoms with Crippen LogP contribution < -0.4 is 9.62 Å². The van der Waals surface area contributed by atoms with Crippen LogP contribution in [-0.2, 0) is 16.4 Å². The third-order valence-corrected chi connectivity index (χ3v) is 6.42. The molecular formula is C20H18N4O3S. The largest absolute Gasteiger partial charge is 0.306 e. The van der Waals surface area contributed by atoms with Crippen LogP contribution in [0.4, 0.5) is 11.5 Å². The maximum Gasteiger partial charge on any atom is 0.264 e. The van der Waals surface area contributed by atoms with Gasteiger partial charge in [-0.15, -0.1) is 0 Å². The number of hydrogen-bond acceptors (Lipinski definition) is 5. The number of anilines is 2. The Kier molecular flexibility index (Phi) is 4.79. The molecule has 0 saturated heterocycles. The number of sulfonamides is 1. The molecule has 0 bridgehead atoms. The van der Waals surface area contributed by atoms with Crippen molar-refractivity contribution in [3.05, 3.63) is 78.2 Å². The van der Waals surface area contributed by atoms with E-state index in [1.807, 2.05) is 24.3 Å². The van der Waals surface area contributed by atoms with Gasteiger partial charge in [0.25, 0.3) is 15.9 Å². The molecule has 142 valence electrons. The van der Waals surface area contributed by atoms with Gasteiger partial charge in [-0.2, -0.15) is 0 Å². The monoisotopic (exact) mass is 394 g/mol. The van der Waals surface area contributed by atoms with E-state index in [0.29, 0.717) is 17.9 Å². The minimum absolute atomic E-state index is 0.155. The second-order valence-electron chi connectivity index (χ2n) is 6.38. The maximum atomic E-state index is 13.1. The first kappa shape index (κ1) is 18.1. The molecule has 3 aromatic rings. The van der Waals surface area contributed by atoms with E-state index in [0.717, 1.165) is 24.1 Å². The lowest BCUT2D eigenvalue weighted by atomic mass is 10.0. The van der Waals surface area contributed by atoms with Crippen molar-refractivity contribution in [1.29, 1.82) is 0 Å². The summed E-state index contributed by atoms with van der Waals surface area (Å²) in [7, 11) is -3.70. The first-order valence-electron chi connectivity index (χ1n) is 8.84. The number of aryl methyl sites for hydroxylation is 1. The zero-order chi connectivity index (χ0) is 19.6. The van der Waals surface area contributed by atoms with Gasteiger partial charge in [0, 0.05) is 18.3 Å². The van der Waals surface area contributed by atoms with E-state index in [9.17, 15) is 13.2 Å². The van der Waals surface area contributed by atoms with Crippen molar-refractivity contribution in [1.82, 2.24) is 9.97 Å². The topological polar surface area (TPSA) is 92.3 Å². The van der Waals surface area contributed by atoms with Crippen LogP contribution in [0.1, 0.15) is 22.3 Å². The van der Waals surface area contributed by atoms with E-state index < -0.39 is 10.0 Å². The summed E-state index contributed by atoms with van der Waals surface area (Å²) in [6.45, 7) is 0.440. The summed E-state index contributed by atoms with van der Waals surface area (Å²) < 4.78 is 27.7. The second kappa shape index (κ2) is 7.40. The Hall–Kier alpha value is -3.26. The molecule has 0 unspecified atom stereocenters. The lowest BCUT2D eigenvalue weighted by Gasteiger charge is -2.30. The van der Waals surface area contributed by atoms with Crippen molar-refractivity contribution in [2.45, 2.75) is 17.7 Å². The van der Waals surface area contributed by atoms with Crippen LogP contribution in [0.25, 0.3) is 0 Å². The first-order chi connectivity index (χ1) is 13.6. The highest BCUT2D eigenvalue weighted by Gasteiger charge is 2.28. The summed E-state index contributed by atoms with van der Waals surface area (Å²) >= 11 is 0. The van der Waals surface area contributed by atoms with Crippen molar-refractivity contribution in [2.24, 2.45) is 0 Å². The molecule has 0 atom stereocenters. The Morgan fingerprint density at radius 1 is 1.04 bits per heavy atom. The quantitative estimate of drug-likeness (QED) is 0.735. The van der Waals surface area contributed by atoms with Crippen molar-refractivity contribution in [3.63, 3.8) is 0 Å². The fraction of sp³-hybridized carbons (Fsp3) is 0.150. The van der Waals surface area contributed by atoms with Crippen molar-refractivity contribution < 1.29 is 13.2 Å². The van der Waals surface area contributed by atoms with Crippen molar-refractivity contribution in [3.8, 4) is 0 Å². The molecule has 1 aliphatic heterocycles. The molecule has 2 aromatic carbocycles. The van der Waals surface area contributed by atoms with Crippen molar-refractivity contribution >= 4 is 27.4 Å². The Morgan fingerprint density at radius 2 is 1.82 bits per heavy atom. The molecule has 1 amide bonds. The van der Waals surface area contributed by atoms with Crippen molar-refractivity contribution in [2.75, 3.05) is 16.2 Å². The minimum atomic E-state index is -3.70. The van der Waals surface area contributed by atoms with Crippen LogP contribution in [0.2, 0.25) is 0 Å². The van der Waals surface area contributed by atoms with Crippen LogP contribution in [0.15, 0.2) is 72.0 Å². The molecule has 7 nitrogen and oxygen atoms in total. The molecule has 0 fully saturated rings. The average molecular weight is 394 g/mol. The highest BCUT2D eigenvalue weighted by atomic mass is 32.2. The number of aromatic nitrogens is 2. The third kappa shape index (κ3) is 3.46. The Balaban J connectivity index is 1.58. The van der Waals surface area contributed by atoms with E-state index >= 15 is 0 Å². The number of nitrogens with one attached hydrogen (secondary N) is 1. The number of nitrogens with zero attached hydrogens (tertiary/aromatic N) is 3. The number of rotatable bonds is 4. The highest BCUT2D eigenvalue weighted by Crippen LogP contribution is 2.31. The van der Waals surface area contributed by atoms with Crippen LogP contribution in [0.3, 0.4) is 0 Å². The van der Waals surface area contributed by atoms with Crippen LogP contribution in [-0.4, -0.2) is 30.8 Å². The summed E-state index contributed by atoms with van der Waals surface area (Å²) in [4.78, 5) is 20.2. The minimum Gasteiger partial charge on any atom is -0.306 e. The molecule has 4 rings (SSSR count). The van der Waals surface area contributed by atoms with Gasteiger partial charge in [0.1, 0.15) is 12.1 Å². The molecule has 0 spiro atoms. The lowest BCUT2D eigenvalue weighted by molar-refractivity contribution is 0.102. The van der Waals surface area contributed by atoms with E-state index in [4.69, 9.17) is 0 Å². The summed E-state index contributed by atoms with van der Waals surface area (Å²) in [5.74, 6) is 0.00703. The van der Waals surface area contributed by atoms with Gasteiger partial charge in [0.2, 0.25) is 0 Å². The fourth-order valence-corrected chi connectivity index (χ4v) is 4.75. The highest BCUT2D eigenvalue weighted by molar-refractivity contribution is 7.92. The maximum absolute atomic E-state index is 13.1. The average Bonchev–Trinajstić information content (AvgIpc) is 2.74. The van der Waals surface area contributed by atoms with Gasteiger partial charge in [-0.1, -0.05) is 18.2 Å². The van der Waals surface area contributed by atoms with Gasteiger partial charge in [0.15, 0.2) is 0 Å². The normalized spacial score (nSPS) is 13.6. The lowest BCUT2D eigenvalue weighted by Crippen LogP contribution is -2.35. The van der Waals surface area contributed by atoms with E-state index in [2.05, 4.69) is 15.3 Å². The van der Waals surface area contributed by atoms with Gasteiger partial charge in [0.05, 0.1) is 10.6 Å². The van der Waals surface area contributed by atoms with Crippen LogP contribution in [0.5, 0.6) is 0 Å². The second-order valence-corrected chi connectivity index (χ2v) is 8.24. The number of carbonyl (C=O) groups excluding carboxylic acids is 1. The Labute approximate surface area is 163 Å². The molecule has 8 heteroatoms. The molecule has 1 N–H and O–H groups in total. The molecular weight excluding hydrogens is 376 g/mol. The zero-order valence-corrected chi connectivity index (χ0v) is 15.8. The smallest absolute Gasteiger partial charge is 0.264 e. The number of benzene rings is 2. The summed E-state index contributed by atoms with van der Waals surface area (Å²) in [5.41, 5.74) is 2.09. The van der Waals surface area contributed by atoms with Gasteiger partial charge in [-0.05, 0) is 54.8 Å². The molecule has 1 aromatic heterocycles. The third-order valence-electron chi connectivity index (χ3n) is 4.60. The number of para-hydroxylation sites is 1. The zero-order valence-electron chi connectivity index (χ0n) is 14.9. The predicted octanol–water partition coefficient (Wildman–Crippen LogP) is 2.87. The summed E-state index contributed by atoms with van der Waals surface area (Å²) in [6, 6.07) is 15.0. The van der Waals surface area contributed by atoms with Gasteiger partial charge >= 0.3 is 0 Å². The molecule has 0 radical (unpaired) electrons. The molecule has 28 heavy (non-hydrogen) atoms. The summed E-state index contributed by atoms with van der Waals surface area (Å²) in [5, 5.41) is 2.64. The molecule has 2 heterocycles. The Bertz CT molecular complexity index is 1100. The van der Waals surface area contributed by atoms with Crippen LogP contribution >= 0.6 is 0 Å². The Morgan fingerprint density at radius 3 is 2.57 bits per heavy atom. The standard InChI is InChI=1S/C20H18N4O3S/c25-20(23-19-11-12-21-14-22-19)16-7-9-17(10-8-16)28(26,27)24-13-3-5-15-4-1-2-6-18(15)24/h1-2,4,6-12,14H,3,5,13H2,(H,21,22,23,25). The molecule has 0 aliphatic carbocycles. The van der Waals surface area contributed by atoms with E-state index in [-0.39, 0.29) is 10.8 Å². The number of amides is 1. The first-order valence-corrected chi connectivity index (χ1v) is 10.3. The van der Waals surface area contributed by atoms with E-state index in [1.165, 1.54) is 41.1 Å². The molecule has 1 aliphatic rings. The van der Waals surface area contributed by atoms with Gasteiger partial charge in [-0.25, -0.2) is 18.4 Å². The predicted molar refractivity (Wildman–Crippen MR) is 106 cm³/mol. The van der Waals surface area contributed by atoms with Gasteiger partial charge in [-0.3, -0.25) is 9.10 Å². The molecule has 0 saturated carbocycles. The number of hydrogen-bond donors (Lipinski definition) is 1. The summed E-state index contributed by atoms with van der Waals surface area (Å²) in [6.07, 6.45) is 4.50. The van der Waals surface area contributed by atoms with Crippen LogP contribution in [0, 0.1) is 0 Å². The number of carbonyl (C=O) groups is 1. The van der Waals surface area contributed by atoms with E-state index in [1.54, 1.807) is 6.07 Å². The fourth-order valence-electron chi connectivity index (χ4n) is 3.21.